The number of pyridine rings is 1. The highest BCUT2D eigenvalue weighted by Gasteiger charge is 2.17. The molecule has 2 saturated heterocycles. The Morgan fingerprint density at radius 2 is 1.43 bits per heavy atom. The summed E-state index contributed by atoms with van der Waals surface area (Å²) in [6.07, 6.45) is 8.67. The topological polar surface area (TPSA) is 82.3 Å². The second-order valence-corrected chi connectivity index (χ2v) is 12.7. The van der Waals surface area contributed by atoms with Crippen LogP contribution in [0.25, 0.3) is 55.4 Å². The lowest BCUT2D eigenvalue weighted by molar-refractivity contribution is 0.237. The average Bonchev–Trinajstić information content (AvgIpc) is 3.91. The Bertz CT molecular complexity index is 2010. The number of aromatic amines is 2. The molecule has 6 aromatic rings. The highest BCUT2D eigenvalue weighted by Crippen LogP contribution is 2.36. The molecule has 2 fully saturated rings. The van der Waals surface area contributed by atoms with E-state index in [0.717, 1.165) is 100 Å². The summed E-state index contributed by atoms with van der Waals surface area (Å²) in [6, 6.07) is 21.4. The molecule has 2 aliphatic rings. The van der Waals surface area contributed by atoms with Crippen molar-refractivity contribution in [2.45, 2.75) is 25.7 Å². The van der Waals surface area contributed by atoms with Gasteiger partial charge in [0.05, 0.1) is 17.4 Å². The number of benzene rings is 3. The van der Waals surface area contributed by atoms with E-state index in [-0.39, 0.29) is 5.82 Å². The molecule has 0 unspecified atom stereocenters. The van der Waals surface area contributed by atoms with Gasteiger partial charge in [-0.05, 0) is 111 Å². The van der Waals surface area contributed by atoms with E-state index < -0.39 is 0 Å². The standard InChI is InChI=1S/C38H39FN6O2/c39-29-18-27(19-30(22-29)46-16-14-44-10-1-2-11-44)32-6-5-7-35-33(32)23-37(41-35)38-34-21-26(8-9-36(34)42-43-38)28-20-31(25-40-24-28)47-17-15-45-12-3-4-13-45/h5-9,18-25,41H,1-4,10-17H2,(H,42,43). The molecule has 3 aromatic carbocycles. The first-order chi connectivity index (χ1) is 23.2. The molecule has 47 heavy (non-hydrogen) atoms. The van der Waals surface area contributed by atoms with Crippen molar-refractivity contribution in [3.63, 3.8) is 0 Å². The summed E-state index contributed by atoms with van der Waals surface area (Å²) in [5.74, 6) is 1.01. The number of rotatable bonds is 11. The van der Waals surface area contributed by atoms with Crippen molar-refractivity contribution in [1.82, 2.24) is 30.0 Å². The van der Waals surface area contributed by atoms with Crippen LogP contribution in [0.2, 0.25) is 0 Å². The SMILES string of the molecule is Fc1cc(OCCN2CCCC2)cc(-c2cccc3[nH]c(-c4n[nH]c5ccc(-c6cncc(OCCN7CCCC7)c6)cc45)cc23)c1. The van der Waals surface area contributed by atoms with E-state index in [1.165, 1.54) is 31.7 Å². The predicted molar refractivity (Wildman–Crippen MR) is 184 cm³/mol. The molecule has 9 heteroatoms. The molecule has 2 aliphatic heterocycles. The molecule has 2 N–H and O–H groups in total. The van der Waals surface area contributed by atoms with Gasteiger partial charge in [0.1, 0.15) is 36.2 Å². The molecule has 0 atom stereocenters. The van der Waals surface area contributed by atoms with Crippen LogP contribution in [0.4, 0.5) is 4.39 Å². The number of likely N-dealkylation sites (tertiary alicyclic amines) is 2. The molecule has 0 spiro atoms. The second kappa shape index (κ2) is 13.2. The van der Waals surface area contributed by atoms with Crippen LogP contribution in [0.15, 0.2) is 79.1 Å². The van der Waals surface area contributed by atoms with Crippen LogP contribution >= 0.6 is 0 Å². The van der Waals surface area contributed by atoms with Crippen molar-refractivity contribution in [2.75, 3.05) is 52.5 Å². The van der Waals surface area contributed by atoms with Crippen molar-refractivity contribution in [1.29, 1.82) is 0 Å². The highest BCUT2D eigenvalue weighted by atomic mass is 19.1. The number of ether oxygens (including phenoxy) is 2. The molecule has 8 rings (SSSR count). The quantitative estimate of drug-likeness (QED) is 0.154. The number of halogens is 1. The predicted octanol–water partition coefficient (Wildman–Crippen LogP) is 7.53. The Morgan fingerprint density at radius 3 is 2.21 bits per heavy atom. The fourth-order valence-electron chi connectivity index (χ4n) is 6.99. The van der Waals surface area contributed by atoms with Gasteiger partial charge in [0.2, 0.25) is 0 Å². The summed E-state index contributed by atoms with van der Waals surface area (Å²) in [6.45, 7) is 7.53. The van der Waals surface area contributed by atoms with E-state index in [9.17, 15) is 4.39 Å². The van der Waals surface area contributed by atoms with Crippen LogP contribution < -0.4 is 9.47 Å². The van der Waals surface area contributed by atoms with E-state index in [1.807, 2.05) is 36.5 Å². The van der Waals surface area contributed by atoms with Crippen LogP contribution in [0, 0.1) is 5.82 Å². The third-order valence-electron chi connectivity index (χ3n) is 9.46. The Kier molecular flexibility index (Phi) is 8.31. The van der Waals surface area contributed by atoms with E-state index in [4.69, 9.17) is 14.6 Å². The van der Waals surface area contributed by atoms with Crippen molar-refractivity contribution < 1.29 is 13.9 Å². The van der Waals surface area contributed by atoms with Gasteiger partial charge in [0, 0.05) is 47.2 Å². The third-order valence-corrected chi connectivity index (χ3v) is 9.46. The summed E-state index contributed by atoms with van der Waals surface area (Å²) in [5.41, 5.74) is 7.32. The largest absolute Gasteiger partial charge is 0.492 e. The Hall–Kier alpha value is -4.73. The maximum Gasteiger partial charge on any atom is 0.138 e. The minimum Gasteiger partial charge on any atom is -0.492 e. The molecule has 0 saturated carbocycles. The van der Waals surface area contributed by atoms with Gasteiger partial charge in [0.15, 0.2) is 0 Å². The molecule has 0 aliphatic carbocycles. The zero-order chi connectivity index (χ0) is 31.6. The number of aromatic nitrogens is 4. The molecule has 5 heterocycles. The Balaban J connectivity index is 1.05. The highest BCUT2D eigenvalue weighted by molar-refractivity contribution is 6.02. The number of hydrogen-bond acceptors (Lipinski definition) is 6. The number of fused-ring (bicyclic) bond motifs is 2. The molecule has 8 nitrogen and oxygen atoms in total. The maximum absolute atomic E-state index is 14.8. The first kappa shape index (κ1) is 29.7. The fourth-order valence-corrected chi connectivity index (χ4v) is 6.99. The number of nitrogens with zero attached hydrogens (tertiary/aromatic N) is 4. The van der Waals surface area contributed by atoms with Gasteiger partial charge < -0.3 is 14.5 Å². The molecule has 240 valence electrons. The zero-order valence-electron chi connectivity index (χ0n) is 26.5. The normalized spacial score (nSPS) is 15.7. The maximum atomic E-state index is 14.8. The van der Waals surface area contributed by atoms with Gasteiger partial charge in [-0.2, -0.15) is 5.10 Å². The van der Waals surface area contributed by atoms with Gasteiger partial charge in [-0.15, -0.1) is 0 Å². The van der Waals surface area contributed by atoms with Gasteiger partial charge >= 0.3 is 0 Å². The number of nitrogens with one attached hydrogen (secondary N) is 2. The summed E-state index contributed by atoms with van der Waals surface area (Å²) in [4.78, 5) is 12.9. The molecule has 0 amide bonds. The third kappa shape index (κ3) is 6.46. The van der Waals surface area contributed by atoms with Crippen molar-refractivity contribution in [3.8, 4) is 45.1 Å². The summed E-state index contributed by atoms with van der Waals surface area (Å²) >= 11 is 0. The lowest BCUT2D eigenvalue weighted by Gasteiger charge is -2.15. The van der Waals surface area contributed by atoms with Crippen LogP contribution in [-0.4, -0.2) is 82.4 Å². The van der Waals surface area contributed by atoms with E-state index in [1.54, 1.807) is 12.3 Å². The van der Waals surface area contributed by atoms with Crippen molar-refractivity contribution in [2.24, 2.45) is 0 Å². The first-order valence-electron chi connectivity index (χ1n) is 16.7. The van der Waals surface area contributed by atoms with Crippen LogP contribution in [0.3, 0.4) is 0 Å². The van der Waals surface area contributed by atoms with Gasteiger partial charge in [-0.3, -0.25) is 19.9 Å². The van der Waals surface area contributed by atoms with Crippen molar-refractivity contribution in [3.05, 3.63) is 84.9 Å². The molecule has 0 bridgehead atoms. The van der Waals surface area contributed by atoms with Gasteiger partial charge in [-0.1, -0.05) is 18.2 Å². The van der Waals surface area contributed by atoms with E-state index in [0.29, 0.717) is 19.0 Å². The van der Waals surface area contributed by atoms with Crippen LogP contribution in [0.5, 0.6) is 11.5 Å². The number of H-pyrrole nitrogens is 2. The first-order valence-corrected chi connectivity index (χ1v) is 16.7. The summed E-state index contributed by atoms with van der Waals surface area (Å²) < 4.78 is 26.9. The molecular formula is C38H39FN6O2. The lowest BCUT2D eigenvalue weighted by Crippen LogP contribution is -2.25. The Morgan fingerprint density at radius 1 is 0.681 bits per heavy atom. The van der Waals surface area contributed by atoms with E-state index >= 15 is 0 Å². The van der Waals surface area contributed by atoms with Gasteiger partial charge in [0.25, 0.3) is 0 Å². The van der Waals surface area contributed by atoms with E-state index in [2.05, 4.69) is 49.1 Å². The zero-order valence-corrected chi connectivity index (χ0v) is 26.5. The Labute approximate surface area is 273 Å². The monoisotopic (exact) mass is 630 g/mol. The molecule has 0 radical (unpaired) electrons. The molecule has 3 aromatic heterocycles. The molecular weight excluding hydrogens is 591 g/mol. The van der Waals surface area contributed by atoms with Crippen LogP contribution in [0.1, 0.15) is 25.7 Å². The number of hydrogen-bond donors (Lipinski definition) is 2. The fraction of sp³-hybridized carbons (Fsp3) is 0.316. The lowest BCUT2D eigenvalue weighted by atomic mass is 10.0. The summed E-state index contributed by atoms with van der Waals surface area (Å²) in [7, 11) is 0. The van der Waals surface area contributed by atoms with Crippen molar-refractivity contribution >= 4 is 21.8 Å². The van der Waals surface area contributed by atoms with Gasteiger partial charge in [-0.25, -0.2) is 4.39 Å². The van der Waals surface area contributed by atoms with Crippen LogP contribution in [-0.2, 0) is 0 Å². The minimum atomic E-state index is -0.312. The average molecular weight is 631 g/mol. The smallest absolute Gasteiger partial charge is 0.138 e. The second-order valence-electron chi connectivity index (χ2n) is 12.7. The minimum absolute atomic E-state index is 0.312. The summed E-state index contributed by atoms with van der Waals surface area (Å²) in [5, 5.41) is 9.88.